The first-order valence-electron chi connectivity index (χ1n) is 8.38. The van der Waals surface area contributed by atoms with Gasteiger partial charge in [0.05, 0.1) is 10.8 Å². The third kappa shape index (κ3) is 3.91. The van der Waals surface area contributed by atoms with Gasteiger partial charge in [-0.15, -0.1) is 0 Å². The topological polar surface area (TPSA) is 75.3 Å². The van der Waals surface area contributed by atoms with Crippen LogP contribution < -0.4 is 10.0 Å². The van der Waals surface area contributed by atoms with Crippen molar-refractivity contribution in [2.45, 2.75) is 43.5 Å². The van der Waals surface area contributed by atoms with Gasteiger partial charge in [0, 0.05) is 11.7 Å². The summed E-state index contributed by atoms with van der Waals surface area (Å²) in [6, 6.07) is 14.6. The molecular weight excluding hydrogens is 336 g/mol. The van der Waals surface area contributed by atoms with Crippen molar-refractivity contribution in [3.63, 3.8) is 0 Å². The first-order chi connectivity index (χ1) is 11.9. The lowest BCUT2D eigenvalue weighted by Crippen LogP contribution is -2.33. The molecule has 2 N–H and O–H groups in total. The number of carbonyl (C=O) groups is 1. The van der Waals surface area contributed by atoms with Crippen LogP contribution in [0.2, 0.25) is 0 Å². The second kappa shape index (κ2) is 6.98. The predicted octanol–water partition coefficient (Wildman–Crippen LogP) is 3.04. The summed E-state index contributed by atoms with van der Waals surface area (Å²) in [5, 5.41) is 2.75. The van der Waals surface area contributed by atoms with Gasteiger partial charge in [-0.25, -0.2) is 13.1 Å². The second-order valence-electron chi connectivity index (χ2n) is 6.51. The summed E-state index contributed by atoms with van der Waals surface area (Å²) in [5.74, 6) is -0.436. The van der Waals surface area contributed by atoms with Crippen molar-refractivity contribution >= 4 is 21.6 Å². The lowest BCUT2D eigenvalue weighted by molar-refractivity contribution is -0.116. The summed E-state index contributed by atoms with van der Waals surface area (Å²) in [7, 11) is -3.62. The first-order valence-corrected chi connectivity index (χ1v) is 9.86. The molecule has 0 aliphatic carbocycles. The minimum Gasteiger partial charge on any atom is -0.325 e. The Morgan fingerprint density at radius 3 is 2.60 bits per heavy atom. The van der Waals surface area contributed by atoms with E-state index in [9.17, 15) is 13.2 Å². The molecule has 0 spiro atoms. The Labute approximate surface area is 148 Å². The van der Waals surface area contributed by atoms with Gasteiger partial charge >= 0.3 is 0 Å². The zero-order valence-corrected chi connectivity index (χ0v) is 15.1. The number of hydrogen-bond donors (Lipinski definition) is 2. The van der Waals surface area contributed by atoms with E-state index in [0.717, 1.165) is 12.0 Å². The zero-order valence-electron chi connectivity index (χ0n) is 14.3. The highest BCUT2D eigenvalue weighted by atomic mass is 32.2. The molecule has 0 radical (unpaired) electrons. The number of anilines is 1. The van der Waals surface area contributed by atoms with Crippen LogP contribution in [-0.2, 0) is 21.2 Å². The Hall–Kier alpha value is -2.18. The lowest BCUT2D eigenvalue weighted by Gasteiger charge is -2.15. The molecule has 5 nitrogen and oxygen atoms in total. The number of carbonyl (C=O) groups excluding carboxylic acids is 1. The van der Waals surface area contributed by atoms with Gasteiger partial charge in [-0.1, -0.05) is 30.3 Å². The zero-order chi connectivity index (χ0) is 18.0. The van der Waals surface area contributed by atoms with E-state index in [0.29, 0.717) is 12.1 Å². The van der Waals surface area contributed by atoms with Crippen LogP contribution in [-0.4, -0.2) is 20.4 Å². The highest BCUT2D eigenvalue weighted by Crippen LogP contribution is 2.33. The summed E-state index contributed by atoms with van der Waals surface area (Å²) >= 11 is 0. The van der Waals surface area contributed by atoms with Crippen molar-refractivity contribution in [2.24, 2.45) is 0 Å². The van der Waals surface area contributed by atoms with Crippen molar-refractivity contribution in [3.8, 4) is 0 Å². The fourth-order valence-corrected chi connectivity index (χ4v) is 4.29. The van der Waals surface area contributed by atoms with Gasteiger partial charge in [-0.2, -0.15) is 0 Å². The average Bonchev–Trinajstić information content (AvgIpc) is 2.88. The lowest BCUT2D eigenvalue weighted by atomic mass is 10.0. The Kier molecular flexibility index (Phi) is 4.92. The molecule has 2 atom stereocenters. The highest BCUT2D eigenvalue weighted by molar-refractivity contribution is 7.89. The molecule has 1 aliphatic rings. The summed E-state index contributed by atoms with van der Waals surface area (Å²) in [6.45, 7) is 3.63. The number of benzene rings is 2. The fourth-order valence-electron chi connectivity index (χ4n) is 2.98. The number of rotatable bonds is 6. The standard InChI is InChI=1S/C19H22N2O3S/c1-13(8-9-15-6-4-3-5-7-15)21-25(23,24)16-10-11-18-17(12-16)14(2)19(22)20-18/h3-7,10-14,21H,8-9H2,1-2H3,(H,20,22)/t13-,14-/m1/s1. The summed E-state index contributed by atoms with van der Waals surface area (Å²) in [4.78, 5) is 11.9. The maximum absolute atomic E-state index is 12.6. The van der Waals surface area contributed by atoms with Crippen molar-refractivity contribution in [3.05, 3.63) is 59.7 Å². The normalized spacial score (nSPS) is 17.8. The Balaban J connectivity index is 1.69. The van der Waals surface area contributed by atoms with Crippen molar-refractivity contribution in [1.29, 1.82) is 0 Å². The van der Waals surface area contributed by atoms with E-state index in [1.807, 2.05) is 37.3 Å². The van der Waals surface area contributed by atoms with Crippen LogP contribution in [0.25, 0.3) is 0 Å². The summed E-state index contributed by atoms with van der Waals surface area (Å²) in [5.41, 5.74) is 2.60. The van der Waals surface area contributed by atoms with E-state index in [-0.39, 0.29) is 22.8 Å². The molecule has 1 heterocycles. The first kappa shape index (κ1) is 17.6. The average molecular weight is 358 g/mol. The smallest absolute Gasteiger partial charge is 0.240 e. The van der Waals surface area contributed by atoms with Gasteiger partial charge in [0.15, 0.2) is 0 Å². The van der Waals surface area contributed by atoms with Crippen LogP contribution in [0, 0.1) is 0 Å². The molecule has 0 fully saturated rings. The molecule has 6 heteroatoms. The third-order valence-corrected chi connectivity index (χ3v) is 6.10. The molecular formula is C19H22N2O3S. The predicted molar refractivity (Wildman–Crippen MR) is 98.0 cm³/mol. The van der Waals surface area contributed by atoms with E-state index in [4.69, 9.17) is 0 Å². The van der Waals surface area contributed by atoms with Crippen LogP contribution in [0.3, 0.4) is 0 Å². The van der Waals surface area contributed by atoms with E-state index in [2.05, 4.69) is 10.0 Å². The number of sulfonamides is 1. The monoisotopic (exact) mass is 358 g/mol. The van der Waals surface area contributed by atoms with Gasteiger partial charge in [-0.3, -0.25) is 4.79 Å². The Morgan fingerprint density at radius 2 is 1.88 bits per heavy atom. The van der Waals surface area contributed by atoms with Gasteiger partial charge < -0.3 is 5.32 Å². The van der Waals surface area contributed by atoms with Gasteiger partial charge in [0.25, 0.3) is 0 Å². The van der Waals surface area contributed by atoms with Gasteiger partial charge in [0.1, 0.15) is 0 Å². The molecule has 25 heavy (non-hydrogen) atoms. The van der Waals surface area contributed by atoms with E-state index < -0.39 is 10.0 Å². The van der Waals surface area contributed by atoms with Crippen LogP contribution in [0.5, 0.6) is 0 Å². The molecule has 0 bridgehead atoms. The highest BCUT2D eigenvalue weighted by Gasteiger charge is 2.28. The van der Waals surface area contributed by atoms with Crippen LogP contribution >= 0.6 is 0 Å². The molecule has 2 aromatic carbocycles. The minimum atomic E-state index is -3.62. The van der Waals surface area contributed by atoms with Gasteiger partial charge in [-0.05, 0) is 56.0 Å². The van der Waals surface area contributed by atoms with E-state index >= 15 is 0 Å². The minimum absolute atomic E-state index is 0.103. The largest absolute Gasteiger partial charge is 0.325 e. The maximum atomic E-state index is 12.6. The van der Waals surface area contributed by atoms with E-state index in [1.54, 1.807) is 19.1 Å². The molecule has 132 valence electrons. The summed E-state index contributed by atoms with van der Waals surface area (Å²) in [6.07, 6.45) is 1.52. The second-order valence-corrected chi connectivity index (χ2v) is 8.22. The molecule has 0 aromatic heterocycles. The molecule has 0 saturated heterocycles. The third-order valence-electron chi connectivity index (χ3n) is 4.52. The Bertz CT molecular complexity index is 879. The van der Waals surface area contributed by atoms with Crippen LogP contribution in [0.1, 0.15) is 37.3 Å². The number of hydrogen-bond acceptors (Lipinski definition) is 3. The molecule has 1 amide bonds. The van der Waals surface area contributed by atoms with Crippen LogP contribution in [0.15, 0.2) is 53.4 Å². The fraction of sp³-hybridized carbons (Fsp3) is 0.316. The van der Waals surface area contributed by atoms with E-state index in [1.165, 1.54) is 11.6 Å². The number of aryl methyl sites for hydroxylation is 1. The quantitative estimate of drug-likeness (QED) is 0.833. The molecule has 1 aliphatic heterocycles. The molecule has 2 aromatic rings. The maximum Gasteiger partial charge on any atom is 0.240 e. The SMILES string of the molecule is C[C@H](CCc1ccccc1)NS(=O)(=O)c1ccc2c(c1)[C@@H](C)C(=O)N2. The number of amides is 1. The van der Waals surface area contributed by atoms with Crippen molar-refractivity contribution < 1.29 is 13.2 Å². The van der Waals surface area contributed by atoms with Gasteiger partial charge in [0.2, 0.25) is 15.9 Å². The molecule has 0 saturated carbocycles. The van der Waals surface area contributed by atoms with Crippen LogP contribution in [0.4, 0.5) is 5.69 Å². The molecule has 3 rings (SSSR count). The Morgan fingerprint density at radius 1 is 1.16 bits per heavy atom. The number of nitrogens with one attached hydrogen (secondary N) is 2. The van der Waals surface area contributed by atoms with Crippen molar-refractivity contribution in [2.75, 3.05) is 5.32 Å². The van der Waals surface area contributed by atoms with Crippen molar-refractivity contribution in [1.82, 2.24) is 4.72 Å². The summed E-state index contributed by atoms with van der Waals surface area (Å²) < 4.78 is 28.0. The number of fused-ring (bicyclic) bond motifs is 1. The molecule has 0 unspecified atom stereocenters.